The fraction of sp³-hybridized carbons (Fsp3) is 0.350. The summed E-state index contributed by atoms with van der Waals surface area (Å²) in [6, 6.07) is 5.31. The van der Waals surface area contributed by atoms with E-state index in [0.29, 0.717) is 46.9 Å². The van der Waals surface area contributed by atoms with Crippen LogP contribution in [0.25, 0.3) is 10.9 Å². The number of aromatic nitrogens is 4. The molecule has 0 atom stereocenters. The zero-order chi connectivity index (χ0) is 23.3. The highest BCUT2D eigenvalue weighted by Crippen LogP contribution is 2.27. The van der Waals surface area contributed by atoms with Crippen molar-refractivity contribution in [2.45, 2.75) is 19.4 Å². The molecule has 32 heavy (non-hydrogen) atoms. The van der Waals surface area contributed by atoms with Crippen LogP contribution in [-0.2, 0) is 4.74 Å². The van der Waals surface area contributed by atoms with Gasteiger partial charge in [0.15, 0.2) is 11.7 Å². The summed E-state index contributed by atoms with van der Waals surface area (Å²) in [6.07, 6.45) is 3.42. The van der Waals surface area contributed by atoms with Crippen LogP contribution in [0.3, 0.4) is 0 Å². The number of hydrazine groups is 1. The molecule has 12 heteroatoms. The van der Waals surface area contributed by atoms with Crippen molar-refractivity contribution in [2.24, 2.45) is 16.8 Å². The van der Waals surface area contributed by atoms with Crippen LogP contribution in [-0.4, -0.2) is 64.2 Å². The maximum absolute atomic E-state index is 5.75. The van der Waals surface area contributed by atoms with Gasteiger partial charge in [-0.2, -0.15) is 5.10 Å². The van der Waals surface area contributed by atoms with E-state index < -0.39 is 0 Å². The van der Waals surface area contributed by atoms with Crippen LogP contribution in [0.5, 0.6) is 5.88 Å². The van der Waals surface area contributed by atoms with Crippen LogP contribution in [0.4, 0.5) is 17.5 Å². The molecule has 6 N–H and O–H groups in total. The number of nitrogens with two attached hydrogens (primary N) is 2. The first-order chi connectivity index (χ1) is 15.3. The SMILES string of the molecule is COc1nc(/C(=N/N)N(C)N)ccc1Nc1ncc2ccnc(NCC(C)(C)OC)c2n1. The Kier molecular flexibility index (Phi) is 6.85. The van der Waals surface area contributed by atoms with Crippen molar-refractivity contribution in [3.8, 4) is 5.88 Å². The maximum Gasteiger partial charge on any atom is 0.238 e. The molecule has 3 aromatic rings. The van der Waals surface area contributed by atoms with E-state index in [1.807, 2.05) is 19.9 Å². The highest BCUT2D eigenvalue weighted by Gasteiger charge is 2.18. The average Bonchev–Trinajstić information content (AvgIpc) is 2.78. The molecular weight excluding hydrogens is 412 g/mol. The number of hydrazone groups is 1. The Labute approximate surface area is 186 Å². The molecule has 0 saturated heterocycles. The lowest BCUT2D eigenvalue weighted by Gasteiger charge is -2.23. The molecule has 3 aromatic heterocycles. The van der Waals surface area contributed by atoms with E-state index in [1.165, 1.54) is 12.1 Å². The molecule has 0 spiro atoms. The molecule has 0 bridgehead atoms. The molecular formula is C20H28N10O2. The van der Waals surface area contributed by atoms with E-state index in [4.69, 9.17) is 21.2 Å². The lowest BCUT2D eigenvalue weighted by atomic mass is 10.1. The molecule has 12 nitrogen and oxygen atoms in total. The largest absolute Gasteiger partial charge is 0.479 e. The van der Waals surface area contributed by atoms with Crippen molar-refractivity contribution >= 4 is 34.2 Å². The lowest BCUT2D eigenvalue weighted by Crippen LogP contribution is -2.35. The molecule has 0 aromatic carbocycles. The fourth-order valence-electron chi connectivity index (χ4n) is 2.79. The normalized spacial score (nSPS) is 12.0. The summed E-state index contributed by atoms with van der Waals surface area (Å²) in [5.74, 6) is 12.8. The number of ether oxygens (including phenoxy) is 2. The van der Waals surface area contributed by atoms with Gasteiger partial charge in [-0.3, -0.25) is 5.01 Å². The number of amidine groups is 1. The minimum absolute atomic E-state index is 0.303. The second-order valence-electron chi connectivity index (χ2n) is 7.55. The van der Waals surface area contributed by atoms with E-state index in [9.17, 15) is 0 Å². The lowest BCUT2D eigenvalue weighted by molar-refractivity contribution is 0.0343. The number of hydrogen-bond donors (Lipinski definition) is 4. The van der Waals surface area contributed by atoms with Gasteiger partial charge in [0.25, 0.3) is 0 Å². The molecule has 3 heterocycles. The van der Waals surface area contributed by atoms with Gasteiger partial charge in [-0.05, 0) is 32.0 Å². The Balaban J connectivity index is 1.91. The van der Waals surface area contributed by atoms with Crippen LogP contribution in [0.2, 0.25) is 0 Å². The Morgan fingerprint density at radius 2 is 1.97 bits per heavy atom. The van der Waals surface area contributed by atoms with Gasteiger partial charge < -0.3 is 25.9 Å². The van der Waals surface area contributed by atoms with E-state index in [0.717, 1.165) is 5.39 Å². The third kappa shape index (κ3) is 5.10. The zero-order valence-electron chi connectivity index (χ0n) is 18.7. The third-order valence-corrected chi connectivity index (χ3v) is 4.72. The van der Waals surface area contributed by atoms with Gasteiger partial charge >= 0.3 is 0 Å². The van der Waals surface area contributed by atoms with Gasteiger partial charge in [0.05, 0.1) is 12.7 Å². The molecule has 0 aliphatic carbocycles. The number of nitrogens with zero attached hydrogens (tertiary/aromatic N) is 6. The topological polar surface area (TPSA) is 162 Å². The monoisotopic (exact) mass is 440 g/mol. The van der Waals surface area contributed by atoms with Gasteiger partial charge in [-0.1, -0.05) is 0 Å². The summed E-state index contributed by atoms with van der Waals surface area (Å²) in [4.78, 5) is 17.9. The molecule has 0 unspecified atom stereocenters. The summed E-state index contributed by atoms with van der Waals surface area (Å²) in [5, 5.41) is 12.2. The second kappa shape index (κ2) is 9.58. The van der Waals surface area contributed by atoms with E-state index in [-0.39, 0.29) is 5.60 Å². The number of anilines is 3. The minimum atomic E-state index is -0.359. The Morgan fingerprint density at radius 3 is 2.62 bits per heavy atom. The van der Waals surface area contributed by atoms with Crippen LogP contribution < -0.4 is 27.1 Å². The standard InChI is InChI=1S/C20H28N10O2/c1-20(2,32-5)11-25-16-15-12(8-9-23-16)10-24-19(28-15)27-14-7-6-13(26-18(14)31-4)17(29-21)30(3)22/h6-10H,11,21-22H2,1-5H3,(H,23,25)(H,24,27,28)/b29-17-. The first-order valence-electron chi connectivity index (χ1n) is 9.77. The Bertz CT molecular complexity index is 1120. The summed E-state index contributed by atoms with van der Waals surface area (Å²) in [6.45, 7) is 4.53. The van der Waals surface area contributed by atoms with Gasteiger partial charge in [0.1, 0.15) is 16.9 Å². The number of hydrogen-bond acceptors (Lipinski definition) is 11. The number of nitrogens with one attached hydrogen (secondary N) is 2. The zero-order valence-corrected chi connectivity index (χ0v) is 18.7. The van der Waals surface area contributed by atoms with E-state index in [1.54, 1.807) is 38.7 Å². The van der Waals surface area contributed by atoms with Crippen LogP contribution in [0.15, 0.2) is 35.7 Å². The predicted octanol–water partition coefficient (Wildman–Crippen LogP) is 1.43. The molecule has 0 saturated carbocycles. The van der Waals surface area contributed by atoms with Crippen molar-refractivity contribution in [3.05, 3.63) is 36.3 Å². The highest BCUT2D eigenvalue weighted by atomic mass is 16.5. The quantitative estimate of drug-likeness (QED) is 0.173. The van der Waals surface area contributed by atoms with Crippen molar-refractivity contribution < 1.29 is 9.47 Å². The maximum atomic E-state index is 5.75. The third-order valence-electron chi connectivity index (χ3n) is 4.72. The Morgan fingerprint density at radius 1 is 1.19 bits per heavy atom. The first kappa shape index (κ1) is 22.9. The molecule has 0 fully saturated rings. The van der Waals surface area contributed by atoms with Crippen molar-refractivity contribution in [1.29, 1.82) is 0 Å². The summed E-state index contributed by atoms with van der Waals surface area (Å²) >= 11 is 0. The molecule has 0 aliphatic heterocycles. The van der Waals surface area contributed by atoms with Crippen molar-refractivity contribution in [1.82, 2.24) is 24.9 Å². The van der Waals surface area contributed by atoms with Crippen molar-refractivity contribution in [3.63, 3.8) is 0 Å². The van der Waals surface area contributed by atoms with E-state index >= 15 is 0 Å². The number of methoxy groups -OCH3 is 2. The number of pyridine rings is 2. The summed E-state index contributed by atoms with van der Waals surface area (Å²) < 4.78 is 10.9. The molecule has 3 rings (SSSR count). The van der Waals surface area contributed by atoms with Crippen LogP contribution in [0, 0.1) is 0 Å². The Hall–Kier alpha value is -3.77. The first-order valence-corrected chi connectivity index (χ1v) is 9.77. The van der Waals surface area contributed by atoms with Crippen molar-refractivity contribution in [2.75, 3.05) is 38.4 Å². The predicted molar refractivity (Wildman–Crippen MR) is 124 cm³/mol. The molecule has 170 valence electrons. The molecule has 0 radical (unpaired) electrons. The van der Waals surface area contributed by atoms with Gasteiger partial charge in [0, 0.05) is 38.5 Å². The van der Waals surface area contributed by atoms with Gasteiger partial charge in [-0.15, -0.1) is 0 Å². The van der Waals surface area contributed by atoms with Gasteiger partial charge in [0.2, 0.25) is 11.8 Å². The second-order valence-corrected chi connectivity index (χ2v) is 7.55. The van der Waals surface area contributed by atoms with E-state index in [2.05, 4.69) is 35.7 Å². The fourth-order valence-corrected chi connectivity index (χ4v) is 2.79. The van der Waals surface area contributed by atoms with Crippen LogP contribution >= 0.6 is 0 Å². The smallest absolute Gasteiger partial charge is 0.238 e. The van der Waals surface area contributed by atoms with Crippen LogP contribution in [0.1, 0.15) is 19.5 Å². The average molecular weight is 441 g/mol. The van der Waals surface area contributed by atoms with Gasteiger partial charge in [-0.25, -0.2) is 25.8 Å². The number of rotatable bonds is 8. The minimum Gasteiger partial charge on any atom is -0.479 e. The highest BCUT2D eigenvalue weighted by molar-refractivity contribution is 5.96. The summed E-state index contributed by atoms with van der Waals surface area (Å²) in [5.41, 5.74) is 1.33. The molecule has 0 aliphatic rings. The molecule has 0 amide bonds. The number of fused-ring (bicyclic) bond motifs is 1. The summed E-state index contributed by atoms with van der Waals surface area (Å²) in [7, 11) is 4.79.